The van der Waals surface area contributed by atoms with Crippen LogP contribution < -0.4 is 10.6 Å². The minimum absolute atomic E-state index is 0.0371. The summed E-state index contributed by atoms with van der Waals surface area (Å²) in [6.45, 7) is 2.18. The van der Waals surface area contributed by atoms with Gasteiger partial charge in [0.1, 0.15) is 6.04 Å². The van der Waals surface area contributed by atoms with Crippen LogP contribution in [0.15, 0.2) is 24.3 Å². The van der Waals surface area contributed by atoms with Crippen LogP contribution >= 0.6 is 11.8 Å². The molecule has 1 rings (SSSR count). The largest absolute Gasteiger partial charge is 0.480 e. The summed E-state index contributed by atoms with van der Waals surface area (Å²) >= 11 is 1.53. The molecule has 0 saturated carbocycles. The Hall–Kier alpha value is -2.02. The number of carboxylic acids is 1. The van der Waals surface area contributed by atoms with Gasteiger partial charge in [0, 0.05) is 18.5 Å². The van der Waals surface area contributed by atoms with Crippen molar-refractivity contribution in [2.45, 2.75) is 32.4 Å². The van der Waals surface area contributed by atoms with Gasteiger partial charge < -0.3 is 15.7 Å². The molecule has 0 fully saturated rings. The van der Waals surface area contributed by atoms with E-state index in [1.807, 2.05) is 6.26 Å². The molecule has 1 atom stereocenters. The van der Waals surface area contributed by atoms with E-state index in [9.17, 15) is 14.4 Å². The molecule has 0 aliphatic heterocycles. The molecule has 0 spiro atoms. The minimum Gasteiger partial charge on any atom is -0.480 e. The molecule has 0 aromatic heterocycles. The van der Waals surface area contributed by atoms with Crippen molar-refractivity contribution < 1.29 is 19.5 Å². The number of aliphatic carboxylic acids is 1. The van der Waals surface area contributed by atoms with Crippen molar-refractivity contribution in [3.63, 3.8) is 0 Å². The van der Waals surface area contributed by atoms with E-state index in [4.69, 9.17) is 5.11 Å². The summed E-state index contributed by atoms with van der Waals surface area (Å²) in [7, 11) is 0. The number of amides is 2. The second kappa shape index (κ2) is 9.89. The van der Waals surface area contributed by atoms with Gasteiger partial charge in [-0.2, -0.15) is 11.8 Å². The van der Waals surface area contributed by atoms with Gasteiger partial charge >= 0.3 is 5.97 Å². The number of benzene rings is 1. The van der Waals surface area contributed by atoms with E-state index in [0.29, 0.717) is 30.7 Å². The number of carbonyl (C=O) groups excluding carboxylic acids is 2. The van der Waals surface area contributed by atoms with Crippen molar-refractivity contribution in [3.05, 3.63) is 35.4 Å². The molecular weight excluding hydrogens is 316 g/mol. The Kier molecular flexibility index (Phi) is 8.18. The standard InChI is InChI=1S/C16H22N2O4S/c1-3-14(19)17-10-11-4-6-12(7-5-11)15(20)18-13(16(21)22)8-9-23-2/h4-7,13H,3,8-10H2,1-2H3,(H,17,19)(H,18,20)(H,21,22). The zero-order chi connectivity index (χ0) is 17.2. The van der Waals surface area contributed by atoms with Crippen molar-refractivity contribution in [1.29, 1.82) is 0 Å². The van der Waals surface area contributed by atoms with E-state index in [2.05, 4.69) is 10.6 Å². The number of hydrogen-bond donors (Lipinski definition) is 3. The Morgan fingerprint density at radius 2 is 1.87 bits per heavy atom. The van der Waals surface area contributed by atoms with Crippen LogP contribution in [0.3, 0.4) is 0 Å². The summed E-state index contributed by atoms with van der Waals surface area (Å²) in [5, 5.41) is 14.4. The Morgan fingerprint density at radius 1 is 1.22 bits per heavy atom. The van der Waals surface area contributed by atoms with Crippen LogP contribution in [0.4, 0.5) is 0 Å². The summed E-state index contributed by atoms with van der Waals surface area (Å²) in [6, 6.07) is 5.83. The zero-order valence-electron chi connectivity index (χ0n) is 13.3. The van der Waals surface area contributed by atoms with E-state index in [-0.39, 0.29) is 5.91 Å². The van der Waals surface area contributed by atoms with Crippen LogP contribution in [-0.4, -0.2) is 40.9 Å². The molecule has 126 valence electrons. The van der Waals surface area contributed by atoms with Gasteiger partial charge in [-0.3, -0.25) is 9.59 Å². The van der Waals surface area contributed by atoms with Crippen LogP contribution in [0.1, 0.15) is 35.7 Å². The monoisotopic (exact) mass is 338 g/mol. The number of carbonyl (C=O) groups is 3. The van der Waals surface area contributed by atoms with E-state index in [1.165, 1.54) is 11.8 Å². The number of rotatable bonds is 9. The minimum atomic E-state index is -1.04. The lowest BCUT2D eigenvalue weighted by Crippen LogP contribution is -2.41. The topological polar surface area (TPSA) is 95.5 Å². The van der Waals surface area contributed by atoms with Gasteiger partial charge in [-0.1, -0.05) is 19.1 Å². The number of nitrogens with one attached hydrogen (secondary N) is 2. The third kappa shape index (κ3) is 6.73. The maximum absolute atomic E-state index is 12.1. The van der Waals surface area contributed by atoms with Crippen molar-refractivity contribution >= 4 is 29.5 Å². The first-order valence-electron chi connectivity index (χ1n) is 7.36. The summed E-state index contributed by atoms with van der Waals surface area (Å²) in [4.78, 5) is 34.4. The highest BCUT2D eigenvalue weighted by Crippen LogP contribution is 2.07. The molecular formula is C16H22N2O4S. The number of thioether (sulfide) groups is 1. The van der Waals surface area contributed by atoms with Gasteiger partial charge in [-0.05, 0) is 36.1 Å². The highest BCUT2D eigenvalue weighted by molar-refractivity contribution is 7.98. The second-order valence-electron chi connectivity index (χ2n) is 4.97. The molecule has 0 aliphatic rings. The first kappa shape index (κ1) is 19.0. The summed E-state index contributed by atoms with van der Waals surface area (Å²) in [5.74, 6) is -0.827. The fourth-order valence-corrected chi connectivity index (χ4v) is 2.31. The smallest absolute Gasteiger partial charge is 0.326 e. The lowest BCUT2D eigenvalue weighted by molar-refractivity contribution is -0.139. The van der Waals surface area contributed by atoms with Gasteiger partial charge in [0.2, 0.25) is 5.91 Å². The first-order valence-corrected chi connectivity index (χ1v) is 8.75. The van der Waals surface area contributed by atoms with Crippen LogP contribution in [0.25, 0.3) is 0 Å². The Labute approximate surface area is 140 Å². The predicted molar refractivity (Wildman–Crippen MR) is 90.5 cm³/mol. The number of hydrogen-bond acceptors (Lipinski definition) is 4. The van der Waals surface area contributed by atoms with E-state index in [0.717, 1.165) is 5.56 Å². The van der Waals surface area contributed by atoms with Gasteiger partial charge in [-0.25, -0.2) is 4.79 Å². The second-order valence-corrected chi connectivity index (χ2v) is 5.96. The first-order chi connectivity index (χ1) is 11.0. The van der Waals surface area contributed by atoms with Crippen LogP contribution in [0.2, 0.25) is 0 Å². The van der Waals surface area contributed by atoms with Gasteiger partial charge in [-0.15, -0.1) is 0 Å². The lowest BCUT2D eigenvalue weighted by atomic mass is 10.1. The Balaban J connectivity index is 2.62. The van der Waals surface area contributed by atoms with Gasteiger partial charge in [0.05, 0.1) is 0 Å². The van der Waals surface area contributed by atoms with Crippen molar-refractivity contribution in [3.8, 4) is 0 Å². The molecule has 1 unspecified atom stereocenters. The summed E-state index contributed by atoms with van der Waals surface area (Å²) in [5.41, 5.74) is 1.27. The summed E-state index contributed by atoms with van der Waals surface area (Å²) < 4.78 is 0. The van der Waals surface area contributed by atoms with E-state index in [1.54, 1.807) is 31.2 Å². The highest BCUT2D eigenvalue weighted by atomic mass is 32.2. The molecule has 0 aliphatic carbocycles. The molecule has 2 amide bonds. The molecule has 7 heteroatoms. The SMILES string of the molecule is CCC(=O)NCc1ccc(C(=O)NC(CCSC)C(=O)O)cc1. The van der Waals surface area contributed by atoms with Crippen LogP contribution in [-0.2, 0) is 16.1 Å². The highest BCUT2D eigenvalue weighted by Gasteiger charge is 2.20. The quantitative estimate of drug-likeness (QED) is 0.636. The maximum atomic E-state index is 12.1. The average molecular weight is 338 g/mol. The number of carboxylic acid groups (broad SMARTS) is 1. The van der Waals surface area contributed by atoms with Crippen molar-refractivity contribution in [1.82, 2.24) is 10.6 Å². The predicted octanol–water partition coefficient (Wildman–Crippen LogP) is 1.65. The normalized spacial score (nSPS) is 11.6. The fraction of sp³-hybridized carbons (Fsp3) is 0.438. The Morgan fingerprint density at radius 3 is 2.39 bits per heavy atom. The van der Waals surface area contributed by atoms with Crippen molar-refractivity contribution in [2.75, 3.05) is 12.0 Å². The average Bonchev–Trinajstić information content (AvgIpc) is 2.56. The zero-order valence-corrected chi connectivity index (χ0v) is 14.1. The fourth-order valence-electron chi connectivity index (χ4n) is 1.83. The molecule has 0 radical (unpaired) electrons. The molecule has 0 bridgehead atoms. The third-order valence-corrected chi connectivity index (χ3v) is 3.88. The third-order valence-electron chi connectivity index (χ3n) is 3.24. The van der Waals surface area contributed by atoms with Crippen LogP contribution in [0.5, 0.6) is 0 Å². The maximum Gasteiger partial charge on any atom is 0.326 e. The molecule has 1 aromatic carbocycles. The summed E-state index contributed by atoms with van der Waals surface area (Å²) in [6.07, 6.45) is 2.69. The van der Waals surface area contributed by atoms with E-state index < -0.39 is 17.9 Å². The molecule has 6 nitrogen and oxygen atoms in total. The van der Waals surface area contributed by atoms with E-state index >= 15 is 0 Å². The lowest BCUT2D eigenvalue weighted by Gasteiger charge is -2.14. The molecule has 1 aromatic rings. The Bertz CT molecular complexity index is 546. The van der Waals surface area contributed by atoms with Crippen LogP contribution in [0, 0.1) is 0 Å². The van der Waals surface area contributed by atoms with Crippen molar-refractivity contribution in [2.24, 2.45) is 0 Å². The molecule has 3 N–H and O–H groups in total. The van der Waals surface area contributed by atoms with Gasteiger partial charge in [0.25, 0.3) is 5.91 Å². The molecule has 0 heterocycles. The van der Waals surface area contributed by atoms with Gasteiger partial charge in [0.15, 0.2) is 0 Å². The molecule has 0 saturated heterocycles. The molecule has 23 heavy (non-hydrogen) atoms.